The minimum Gasteiger partial charge on any atom is -0.445 e. The molecule has 0 saturated heterocycles. The number of nitrogens with one attached hydrogen (secondary N) is 1. The maximum absolute atomic E-state index is 14.5. The van der Waals surface area contributed by atoms with Gasteiger partial charge in [0.25, 0.3) is 0 Å². The lowest BCUT2D eigenvalue weighted by atomic mass is 9.91. The highest BCUT2D eigenvalue weighted by molar-refractivity contribution is 7.88. The van der Waals surface area contributed by atoms with Gasteiger partial charge in [0.05, 0.1) is 0 Å². The molecule has 1 atom stereocenters. The topological polar surface area (TPSA) is 98.8 Å². The number of benzene rings is 1. The fourth-order valence-corrected chi connectivity index (χ4v) is 4.60. The summed E-state index contributed by atoms with van der Waals surface area (Å²) < 4.78 is 64.1. The van der Waals surface area contributed by atoms with E-state index in [0.717, 1.165) is 12.1 Å². The Morgan fingerprint density at radius 1 is 1.16 bits per heavy atom. The Morgan fingerprint density at radius 3 is 2.32 bits per heavy atom. The summed E-state index contributed by atoms with van der Waals surface area (Å²) in [6.07, 6.45) is 1.95. The van der Waals surface area contributed by atoms with E-state index < -0.39 is 51.4 Å². The maximum Gasteiger partial charge on any atom is 0.407 e. The monoisotopic (exact) mass is 459 g/mol. The fourth-order valence-electron chi connectivity index (χ4n) is 3.12. The summed E-state index contributed by atoms with van der Waals surface area (Å²) in [7, 11) is -4.53. The molecule has 1 unspecified atom stereocenters. The van der Waals surface area contributed by atoms with E-state index in [-0.39, 0.29) is 29.4 Å². The molecule has 0 bridgehead atoms. The molecule has 0 spiro atoms. The Balaban J connectivity index is 2.21. The summed E-state index contributed by atoms with van der Waals surface area (Å²) >= 11 is 0. The molecule has 2 rings (SSSR count). The number of Topliss-reactive ketones (excluding diaryl/α,β-unsaturated/α-hetero) is 1. The molecule has 1 amide bonds. The Bertz CT molecular complexity index is 949. The van der Waals surface area contributed by atoms with Gasteiger partial charge in [0, 0.05) is 17.5 Å². The smallest absolute Gasteiger partial charge is 0.407 e. The SMILES string of the molecule is CC(C)NC(=O)OCc1cc(F)c(OS(=O)(=O)C2CCCC=C2C(=O)C(C)C)c(F)c1. The number of ether oxygens (including phenoxy) is 1. The van der Waals surface area contributed by atoms with Gasteiger partial charge in [-0.05, 0) is 50.8 Å². The van der Waals surface area contributed by atoms with Gasteiger partial charge in [-0.3, -0.25) is 4.79 Å². The van der Waals surface area contributed by atoms with Crippen molar-refractivity contribution in [1.82, 2.24) is 5.32 Å². The van der Waals surface area contributed by atoms with Crippen LogP contribution in [0.4, 0.5) is 13.6 Å². The first-order chi connectivity index (χ1) is 14.4. The number of alkyl carbamates (subject to hydrolysis) is 1. The third-order valence-corrected chi connectivity index (χ3v) is 6.16. The molecule has 0 saturated carbocycles. The highest BCUT2D eigenvalue weighted by atomic mass is 32.2. The first-order valence-electron chi connectivity index (χ1n) is 10.0. The highest BCUT2D eigenvalue weighted by Gasteiger charge is 2.37. The van der Waals surface area contributed by atoms with Crippen LogP contribution in [0.3, 0.4) is 0 Å². The third kappa shape index (κ3) is 6.49. The molecule has 1 aliphatic rings. The minimum atomic E-state index is -4.53. The normalized spacial score (nSPS) is 16.8. The van der Waals surface area contributed by atoms with Gasteiger partial charge in [0.2, 0.25) is 5.75 Å². The second-order valence-corrected chi connectivity index (χ2v) is 9.66. The second-order valence-electron chi connectivity index (χ2n) is 7.94. The Labute approximate surface area is 180 Å². The Hall–Kier alpha value is -2.49. The number of carbonyl (C=O) groups excluding carboxylic acids is 2. The minimum absolute atomic E-state index is 0.0214. The molecule has 0 radical (unpaired) electrons. The van der Waals surface area contributed by atoms with Crippen molar-refractivity contribution < 1.29 is 35.7 Å². The molecule has 7 nitrogen and oxygen atoms in total. The summed E-state index contributed by atoms with van der Waals surface area (Å²) in [4.78, 5) is 23.9. The molecule has 1 aromatic carbocycles. The zero-order chi connectivity index (χ0) is 23.3. The molecular formula is C21H27F2NO6S. The average molecular weight is 460 g/mol. The number of rotatable bonds is 8. The van der Waals surface area contributed by atoms with E-state index in [1.54, 1.807) is 33.8 Å². The van der Waals surface area contributed by atoms with Crippen LogP contribution in [-0.2, 0) is 26.3 Å². The van der Waals surface area contributed by atoms with Gasteiger partial charge in [-0.15, -0.1) is 0 Å². The predicted octanol–water partition coefficient (Wildman–Crippen LogP) is 4.01. The highest BCUT2D eigenvalue weighted by Crippen LogP contribution is 2.32. The standard InChI is InChI=1S/C21H27F2NO6S/c1-12(2)19(25)15-7-5-6-8-18(15)31(27,28)30-20-16(22)9-14(10-17(20)23)11-29-21(26)24-13(3)4/h7,9-10,12-13,18H,5-6,8,11H2,1-4H3,(H,24,26). The lowest BCUT2D eigenvalue weighted by Gasteiger charge is -2.24. The Kier molecular flexibility index (Phi) is 8.16. The molecule has 31 heavy (non-hydrogen) atoms. The lowest BCUT2D eigenvalue weighted by Crippen LogP contribution is -2.34. The van der Waals surface area contributed by atoms with E-state index >= 15 is 0 Å². The quantitative estimate of drug-likeness (QED) is 0.590. The summed E-state index contributed by atoms with van der Waals surface area (Å²) in [6, 6.07) is 1.48. The first kappa shape index (κ1) is 24.8. The maximum atomic E-state index is 14.5. The van der Waals surface area contributed by atoms with Crippen LogP contribution >= 0.6 is 0 Å². The number of hydrogen-bond acceptors (Lipinski definition) is 6. The van der Waals surface area contributed by atoms with E-state index in [1.165, 1.54) is 0 Å². The first-order valence-corrected chi connectivity index (χ1v) is 11.5. The predicted molar refractivity (Wildman–Crippen MR) is 110 cm³/mol. The van der Waals surface area contributed by atoms with Crippen molar-refractivity contribution in [2.45, 2.75) is 64.9 Å². The van der Waals surface area contributed by atoms with Crippen molar-refractivity contribution in [1.29, 1.82) is 0 Å². The van der Waals surface area contributed by atoms with Crippen LogP contribution in [0.5, 0.6) is 5.75 Å². The number of halogens is 2. The average Bonchev–Trinajstić information content (AvgIpc) is 2.68. The van der Waals surface area contributed by atoms with Crippen molar-refractivity contribution in [3.05, 3.63) is 41.0 Å². The van der Waals surface area contributed by atoms with Crippen LogP contribution in [0.1, 0.15) is 52.5 Å². The molecule has 1 N–H and O–H groups in total. The van der Waals surface area contributed by atoms with E-state index in [9.17, 15) is 26.8 Å². The zero-order valence-electron chi connectivity index (χ0n) is 17.9. The number of hydrogen-bond donors (Lipinski definition) is 1. The van der Waals surface area contributed by atoms with Crippen molar-refractivity contribution in [3.63, 3.8) is 0 Å². The van der Waals surface area contributed by atoms with Crippen LogP contribution < -0.4 is 9.50 Å². The van der Waals surface area contributed by atoms with E-state index in [2.05, 4.69) is 5.32 Å². The van der Waals surface area contributed by atoms with E-state index in [4.69, 9.17) is 8.92 Å². The summed E-state index contributed by atoms with van der Waals surface area (Å²) in [5, 5.41) is 1.16. The summed E-state index contributed by atoms with van der Waals surface area (Å²) in [6.45, 7) is 6.30. The molecule has 10 heteroatoms. The molecule has 0 aromatic heterocycles. The van der Waals surface area contributed by atoms with Crippen LogP contribution in [0.25, 0.3) is 0 Å². The van der Waals surface area contributed by atoms with Crippen molar-refractivity contribution >= 4 is 22.0 Å². The number of allylic oxidation sites excluding steroid dienone is 1. The van der Waals surface area contributed by atoms with Crippen LogP contribution in [0.15, 0.2) is 23.8 Å². The van der Waals surface area contributed by atoms with E-state index in [0.29, 0.717) is 12.8 Å². The molecular weight excluding hydrogens is 432 g/mol. The zero-order valence-corrected chi connectivity index (χ0v) is 18.7. The van der Waals surface area contributed by atoms with Crippen LogP contribution in [0, 0.1) is 17.6 Å². The largest absolute Gasteiger partial charge is 0.445 e. The molecule has 172 valence electrons. The van der Waals surface area contributed by atoms with Gasteiger partial charge in [0.15, 0.2) is 17.4 Å². The molecule has 1 aromatic rings. The van der Waals surface area contributed by atoms with Gasteiger partial charge in [0.1, 0.15) is 11.9 Å². The fraction of sp³-hybridized carbons (Fsp3) is 0.524. The van der Waals surface area contributed by atoms with Crippen molar-refractivity contribution in [2.24, 2.45) is 5.92 Å². The summed E-state index contributed by atoms with van der Waals surface area (Å²) in [5.74, 6) is -4.38. The van der Waals surface area contributed by atoms with Gasteiger partial charge >= 0.3 is 16.2 Å². The van der Waals surface area contributed by atoms with Crippen LogP contribution in [-0.4, -0.2) is 31.6 Å². The molecule has 0 fully saturated rings. The van der Waals surface area contributed by atoms with E-state index in [1.807, 2.05) is 0 Å². The number of carbonyl (C=O) groups is 2. The Morgan fingerprint density at radius 2 is 1.77 bits per heavy atom. The van der Waals surface area contributed by atoms with Crippen molar-refractivity contribution in [3.8, 4) is 5.75 Å². The number of amides is 1. The third-order valence-electron chi connectivity index (χ3n) is 4.57. The molecule has 1 aliphatic carbocycles. The molecule has 0 heterocycles. The second kappa shape index (κ2) is 10.2. The van der Waals surface area contributed by atoms with Crippen molar-refractivity contribution in [2.75, 3.05) is 0 Å². The van der Waals surface area contributed by atoms with Gasteiger partial charge in [-0.25, -0.2) is 13.6 Å². The van der Waals surface area contributed by atoms with Gasteiger partial charge in [-0.2, -0.15) is 8.42 Å². The summed E-state index contributed by atoms with van der Waals surface area (Å²) in [5.41, 5.74) is 0.0649. The van der Waals surface area contributed by atoms with Gasteiger partial charge in [-0.1, -0.05) is 19.9 Å². The molecule has 0 aliphatic heterocycles. The van der Waals surface area contributed by atoms with Gasteiger partial charge < -0.3 is 14.2 Å². The number of ketones is 1. The lowest BCUT2D eigenvalue weighted by molar-refractivity contribution is -0.118. The van der Waals surface area contributed by atoms with Crippen LogP contribution in [0.2, 0.25) is 0 Å².